The van der Waals surface area contributed by atoms with Gasteiger partial charge in [0.15, 0.2) is 5.41 Å². The Labute approximate surface area is 160 Å². The summed E-state index contributed by atoms with van der Waals surface area (Å²) >= 11 is 0. The van der Waals surface area contributed by atoms with Crippen LogP contribution in [-0.4, -0.2) is 5.78 Å². The van der Waals surface area contributed by atoms with Crippen molar-refractivity contribution in [1.29, 1.82) is 10.5 Å². The minimum Gasteiger partial charge on any atom is -0.299 e. The Morgan fingerprint density at radius 2 is 1.52 bits per heavy atom. The third-order valence-corrected chi connectivity index (χ3v) is 7.78. The second kappa shape index (κ2) is 5.80. The Balaban J connectivity index is 1.43. The minimum absolute atomic E-state index is 0.229. The van der Waals surface area contributed by atoms with Crippen LogP contribution in [0.4, 0.5) is 0 Å². The standard InChI is InChI=1S/C24H24N2O/c25-14-24(15-26)20(7-6-16-4-2-1-3-5-16)21(24)22(27)23-11-17-8-18(12-23)10-19(9-17)13-23/h1-7,17-21H,8-13H2/b7-6-/t17?,18?,19?,20-,21-,23?/m1/s1. The van der Waals surface area contributed by atoms with Crippen LogP contribution in [0.2, 0.25) is 0 Å². The van der Waals surface area contributed by atoms with Gasteiger partial charge in [-0.15, -0.1) is 0 Å². The maximum atomic E-state index is 13.7. The molecule has 3 heteroatoms. The number of carbonyl (C=O) groups is 1. The third-order valence-electron chi connectivity index (χ3n) is 7.78. The van der Waals surface area contributed by atoms with Crippen molar-refractivity contribution >= 4 is 11.9 Å². The smallest absolute Gasteiger partial charge is 0.161 e. The number of nitrogens with zero attached hydrogens (tertiary/aromatic N) is 2. The predicted octanol–water partition coefficient (Wildman–Crippen LogP) is 4.76. The first-order chi connectivity index (χ1) is 13.1. The zero-order valence-corrected chi connectivity index (χ0v) is 15.5. The van der Waals surface area contributed by atoms with Gasteiger partial charge in [-0.2, -0.15) is 10.5 Å². The number of allylic oxidation sites excluding steroid dienone is 1. The molecule has 2 atom stereocenters. The topological polar surface area (TPSA) is 64.7 Å². The zero-order chi connectivity index (χ0) is 18.6. The summed E-state index contributed by atoms with van der Waals surface area (Å²) in [5.74, 6) is 1.59. The van der Waals surface area contributed by atoms with E-state index in [1.165, 1.54) is 19.3 Å². The lowest BCUT2D eigenvalue weighted by Crippen LogP contribution is -2.50. The third kappa shape index (κ3) is 2.41. The highest BCUT2D eigenvalue weighted by atomic mass is 16.1. The molecule has 5 aliphatic rings. The summed E-state index contributed by atoms with van der Waals surface area (Å²) in [6.07, 6.45) is 10.7. The molecule has 5 saturated carbocycles. The van der Waals surface area contributed by atoms with Crippen LogP contribution in [0.25, 0.3) is 6.08 Å². The van der Waals surface area contributed by atoms with Crippen molar-refractivity contribution in [2.45, 2.75) is 38.5 Å². The normalized spacial score (nSPS) is 40.4. The molecule has 27 heavy (non-hydrogen) atoms. The van der Waals surface area contributed by atoms with E-state index in [1.807, 2.05) is 42.5 Å². The fourth-order valence-corrected chi connectivity index (χ4v) is 6.88. The maximum absolute atomic E-state index is 13.7. The molecule has 0 unspecified atom stereocenters. The summed E-state index contributed by atoms with van der Waals surface area (Å²) in [5.41, 5.74) is -0.366. The van der Waals surface area contributed by atoms with Crippen LogP contribution >= 0.6 is 0 Å². The number of carbonyl (C=O) groups excluding carboxylic acids is 1. The van der Waals surface area contributed by atoms with Gasteiger partial charge in [-0.3, -0.25) is 4.79 Å². The molecule has 5 fully saturated rings. The molecule has 4 bridgehead atoms. The van der Waals surface area contributed by atoms with Gasteiger partial charge in [0.2, 0.25) is 0 Å². The van der Waals surface area contributed by atoms with Gasteiger partial charge in [-0.25, -0.2) is 0 Å². The van der Waals surface area contributed by atoms with Crippen LogP contribution in [0.15, 0.2) is 36.4 Å². The molecule has 136 valence electrons. The first-order valence-corrected chi connectivity index (χ1v) is 10.2. The van der Waals surface area contributed by atoms with Crippen LogP contribution in [-0.2, 0) is 4.79 Å². The van der Waals surface area contributed by atoms with Crippen LogP contribution in [0.5, 0.6) is 0 Å². The van der Waals surface area contributed by atoms with E-state index in [1.54, 1.807) is 0 Å². The van der Waals surface area contributed by atoms with Gasteiger partial charge in [-0.1, -0.05) is 42.5 Å². The Kier molecular flexibility index (Phi) is 3.60. The lowest BCUT2D eigenvalue weighted by atomic mass is 9.48. The molecule has 0 saturated heterocycles. The SMILES string of the molecule is N#CC1(C#N)[C@H](/C=C\c2ccccc2)[C@@H]1C(=O)C12CC3CC(CC(C3)C1)C2. The van der Waals surface area contributed by atoms with E-state index in [2.05, 4.69) is 12.1 Å². The van der Waals surface area contributed by atoms with E-state index in [0.29, 0.717) is 17.8 Å². The molecule has 0 amide bonds. The minimum atomic E-state index is -1.16. The van der Waals surface area contributed by atoms with Crippen LogP contribution in [0, 0.1) is 63.1 Å². The molecule has 6 rings (SSSR count). The largest absolute Gasteiger partial charge is 0.299 e. The Morgan fingerprint density at radius 1 is 0.963 bits per heavy atom. The Hall–Kier alpha value is -2.39. The monoisotopic (exact) mass is 356 g/mol. The Bertz CT molecular complexity index is 836. The van der Waals surface area contributed by atoms with Crippen molar-refractivity contribution in [3.05, 3.63) is 42.0 Å². The summed E-state index contributed by atoms with van der Waals surface area (Å²) in [6.45, 7) is 0. The second-order valence-electron chi connectivity index (χ2n) is 9.43. The van der Waals surface area contributed by atoms with Gasteiger partial charge < -0.3 is 0 Å². The van der Waals surface area contributed by atoms with Gasteiger partial charge in [0.1, 0.15) is 5.78 Å². The van der Waals surface area contributed by atoms with E-state index in [-0.39, 0.29) is 17.1 Å². The van der Waals surface area contributed by atoms with E-state index in [9.17, 15) is 15.3 Å². The summed E-state index contributed by atoms with van der Waals surface area (Å²) < 4.78 is 0. The van der Waals surface area contributed by atoms with Crippen molar-refractivity contribution < 1.29 is 4.79 Å². The summed E-state index contributed by atoms with van der Waals surface area (Å²) in [5, 5.41) is 19.5. The molecule has 5 aliphatic carbocycles. The highest BCUT2D eigenvalue weighted by molar-refractivity contribution is 5.93. The van der Waals surface area contributed by atoms with E-state index in [4.69, 9.17) is 0 Å². The fourth-order valence-electron chi connectivity index (χ4n) is 6.88. The van der Waals surface area contributed by atoms with Crippen molar-refractivity contribution in [1.82, 2.24) is 0 Å². The van der Waals surface area contributed by atoms with E-state index in [0.717, 1.165) is 24.8 Å². The zero-order valence-electron chi connectivity index (χ0n) is 15.5. The highest BCUT2D eigenvalue weighted by Gasteiger charge is 2.72. The summed E-state index contributed by atoms with van der Waals surface area (Å²) in [6, 6.07) is 14.3. The molecular weight excluding hydrogens is 332 g/mol. The molecule has 3 nitrogen and oxygen atoms in total. The average Bonchev–Trinajstić information content (AvgIpc) is 3.33. The molecule has 0 heterocycles. The number of ketones is 1. The molecule has 1 aromatic rings. The van der Waals surface area contributed by atoms with Crippen molar-refractivity contribution in [3.8, 4) is 12.1 Å². The lowest BCUT2D eigenvalue weighted by molar-refractivity contribution is -0.145. The number of hydrogen-bond donors (Lipinski definition) is 0. The highest BCUT2D eigenvalue weighted by Crippen LogP contribution is 2.67. The van der Waals surface area contributed by atoms with Crippen LogP contribution in [0.1, 0.15) is 44.1 Å². The molecule has 0 radical (unpaired) electrons. The molecule has 0 N–H and O–H groups in total. The number of nitriles is 2. The average molecular weight is 356 g/mol. The first kappa shape index (κ1) is 16.8. The van der Waals surface area contributed by atoms with Gasteiger partial charge >= 0.3 is 0 Å². The van der Waals surface area contributed by atoms with Crippen molar-refractivity contribution in [3.63, 3.8) is 0 Å². The fraction of sp³-hybridized carbons (Fsp3) is 0.542. The van der Waals surface area contributed by atoms with Gasteiger partial charge in [0.25, 0.3) is 0 Å². The summed E-state index contributed by atoms with van der Waals surface area (Å²) in [4.78, 5) is 13.7. The number of benzene rings is 1. The van der Waals surface area contributed by atoms with Gasteiger partial charge in [0, 0.05) is 11.3 Å². The van der Waals surface area contributed by atoms with E-state index < -0.39 is 11.3 Å². The summed E-state index contributed by atoms with van der Waals surface area (Å²) in [7, 11) is 0. The van der Waals surface area contributed by atoms with Gasteiger partial charge in [0.05, 0.1) is 18.1 Å². The molecule has 0 spiro atoms. The van der Waals surface area contributed by atoms with Crippen LogP contribution in [0.3, 0.4) is 0 Å². The second-order valence-corrected chi connectivity index (χ2v) is 9.43. The van der Waals surface area contributed by atoms with Crippen molar-refractivity contribution in [2.75, 3.05) is 0 Å². The van der Waals surface area contributed by atoms with Crippen molar-refractivity contribution in [2.24, 2.45) is 40.4 Å². The quantitative estimate of drug-likeness (QED) is 0.781. The number of rotatable bonds is 4. The van der Waals surface area contributed by atoms with Gasteiger partial charge in [-0.05, 0) is 61.8 Å². The number of hydrogen-bond acceptors (Lipinski definition) is 3. The molecule has 0 aliphatic heterocycles. The Morgan fingerprint density at radius 3 is 2.04 bits per heavy atom. The first-order valence-electron chi connectivity index (χ1n) is 10.2. The number of Topliss-reactive ketones (excluding diaryl/α,β-unsaturated/α-hetero) is 1. The lowest BCUT2D eigenvalue weighted by Gasteiger charge is -2.56. The molecular formula is C24H24N2O. The predicted molar refractivity (Wildman–Crippen MR) is 102 cm³/mol. The van der Waals surface area contributed by atoms with E-state index >= 15 is 0 Å². The molecule has 0 aromatic heterocycles. The maximum Gasteiger partial charge on any atom is 0.161 e. The molecule has 1 aromatic carbocycles. The van der Waals surface area contributed by atoms with Crippen LogP contribution < -0.4 is 0 Å².